The van der Waals surface area contributed by atoms with Crippen LogP contribution >= 0.6 is 46.2 Å². The predicted octanol–water partition coefficient (Wildman–Crippen LogP) is 7.27. The Bertz CT molecular complexity index is 773. The van der Waals surface area contributed by atoms with E-state index in [-0.39, 0.29) is 0 Å². The van der Waals surface area contributed by atoms with Gasteiger partial charge >= 0.3 is 0 Å². The Balaban J connectivity index is 1.55. The van der Waals surface area contributed by atoms with Crippen LogP contribution in [0.15, 0.2) is 91.0 Å². The zero-order valence-corrected chi connectivity index (χ0v) is 14.8. The third kappa shape index (κ3) is 3.25. The van der Waals surface area contributed by atoms with Gasteiger partial charge < -0.3 is 0 Å². The Morgan fingerprint density at radius 3 is 1.36 bits per heavy atom. The minimum atomic E-state index is 1.30. The van der Waals surface area contributed by atoms with Gasteiger partial charge in [0.25, 0.3) is 0 Å². The zero-order chi connectivity index (χ0) is 14.8. The van der Waals surface area contributed by atoms with Crippen molar-refractivity contribution in [2.45, 2.75) is 18.2 Å². The number of hydrogen-bond donors (Lipinski definition) is 0. The summed E-state index contributed by atoms with van der Waals surface area (Å²) < 4.78 is 5.51. The third-order valence-corrected chi connectivity index (χ3v) is 7.62. The molecule has 0 radical (unpaired) electrons. The van der Waals surface area contributed by atoms with Crippen molar-refractivity contribution in [3.8, 4) is 0 Å². The molecule has 0 saturated heterocycles. The molecule has 0 aliphatic carbocycles. The minimum absolute atomic E-state index is 1.30. The molecular formula is C18H12S4. The molecule has 0 aliphatic heterocycles. The van der Waals surface area contributed by atoms with Gasteiger partial charge in [-0.15, -0.1) is 22.7 Å². The van der Waals surface area contributed by atoms with E-state index in [4.69, 9.17) is 0 Å². The first-order valence-electron chi connectivity index (χ1n) is 6.86. The van der Waals surface area contributed by atoms with Crippen molar-refractivity contribution in [3.63, 3.8) is 0 Å². The van der Waals surface area contributed by atoms with Crippen molar-refractivity contribution in [2.24, 2.45) is 0 Å². The SMILES string of the molecule is c1ccc(Sc2cc3sc(Sc4ccccc4)cc3s2)cc1. The largest absolute Gasteiger partial charge is 0.128 e. The molecule has 2 heterocycles. The molecule has 2 aromatic carbocycles. The van der Waals surface area contributed by atoms with E-state index in [2.05, 4.69) is 72.8 Å². The van der Waals surface area contributed by atoms with Gasteiger partial charge in [-0.25, -0.2) is 0 Å². The summed E-state index contributed by atoms with van der Waals surface area (Å²) >= 11 is 7.46. The average molecular weight is 357 g/mol. The third-order valence-electron chi connectivity index (χ3n) is 3.09. The molecule has 2 aromatic heterocycles. The highest BCUT2D eigenvalue weighted by Gasteiger charge is 2.09. The van der Waals surface area contributed by atoms with E-state index < -0.39 is 0 Å². The molecule has 4 heteroatoms. The highest BCUT2D eigenvalue weighted by molar-refractivity contribution is 8.02. The number of hydrogen-bond acceptors (Lipinski definition) is 4. The lowest BCUT2D eigenvalue weighted by molar-refractivity contribution is 1.46. The van der Waals surface area contributed by atoms with Crippen LogP contribution in [0.2, 0.25) is 0 Å². The van der Waals surface area contributed by atoms with Gasteiger partial charge in [0.05, 0.1) is 8.42 Å². The molecule has 0 aliphatic rings. The Hall–Kier alpha value is -1.20. The van der Waals surface area contributed by atoms with Gasteiger partial charge in [0, 0.05) is 19.2 Å². The molecule has 0 amide bonds. The maximum atomic E-state index is 2.32. The van der Waals surface area contributed by atoms with E-state index >= 15 is 0 Å². The molecule has 4 aromatic rings. The number of fused-ring (bicyclic) bond motifs is 1. The van der Waals surface area contributed by atoms with E-state index in [0.29, 0.717) is 0 Å². The fourth-order valence-electron chi connectivity index (χ4n) is 2.10. The smallest absolute Gasteiger partial charge is 0.0667 e. The molecule has 0 bridgehead atoms. The van der Waals surface area contributed by atoms with E-state index in [1.54, 1.807) is 0 Å². The van der Waals surface area contributed by atoms with Gasteiger partial charge in [-0.3, -0.25) is 0 Å². The van der Waals surface area contributed by atoms with E-state index in [0.717, 1.165) is 0 Å². The van der Waals surface area contributed by atoms with E-state index in [9.17, 15) is 0 Å². The summed E-state index contributed by atoms with van der Waals surface area (Å²) in [5.41, 5.74) is 0. The van der Waals surface area contributed by atoms with Crippen LogP contribution in [0.1, 0.15) is 0 Å². The molecular weight excluding hydrogens is 344 g/mol. The molecule has 0 atom stereocenters. The summed E-state index contributed by atoms with van der Waals surface area (Å²) in [7, 11) is 0. The van der Waals surface area contributed by atoms with Gasteiger partial charge in [0.15, 0.2) is 0 Å². The van der Waals surface area contributed by atoms with Crippen LogP contribution in [0, 0.1) is 0 Å². The molecule has 0 unspecified atom stereocenters. The molecule has 22 heavy (non-hydrogen) atoms. The Morgan fingerprint density at radius 2 is 0.955 bits per heavy atom. The molecule has 0 N–H and O–H groups in total. The predicted molar refractivity (Wildman–Crippen MR) is 101 cm³/mol. The fraction of sp³-hybridized carbons (Fsp3) is 0. The summed E-state index contributed by atoms with van der Waals surface area (Å²) in [5.74, 6) is 0. The first-order valence-corrected chi connectivity index (χ1v) is 10.1. The van der Waals surface area contributed by atoms with Gasteiger partial charge in [0.1, 0.15) is 0 Å². The molecule has 0 spiro atoms. The first kappa shape index (κ1) is 14.4. The van der Waals surface area contributed by atoms with Crippen LogP contribution in [-0.4, -0.2) is 0 Å². The summed E-state index contributed by atoms with van der Waals surface area (Å²) in [6, 6.07) is 25.8. The van der Waals surface area contributed by atoms with Crippen LogP contribution in [0.25, 0.3) is 9.40 Å². The lowest BCUT2D eigenvalue weighted by Crippen LogP contribution is -1.67. The van der Waals surface area contributed by atoms with Gasteiger partial charge in [-0.1, -0.05) is 59.9 Å². The van der Waals surface area contributed by atoms with Gasteiger partial charge in [-0.2, -0.15) is 0 Å². The van der Waals surface area contributed by atoms with Crippen LogP contribution in [0.4, 0.5) is 0 Å². The van der Waals surface area contributed by atoms with Crippen molar-refractivity contribution in [1.29, 1.82) is 0 Å². The molecule has 108 valence electrons. The minimum Gasteiger partial charge on any atom is -0.128 e. The van der Waals surface area contributed by atoms with Crippen molar-refractivity contribution in [3.05, 3.63) is 72.8 Å². The topological polar surface area (TPSA) is 0 Å². The lowest BCUT2D eigenvalue weighted by atomic mass is 10.4. The zero-order valence-electron chi connectivity index (χ0n) is 11.6. The maximum absolute atomic E-state index is 2.32. The molecule has 4 rings (SSSR count). The van der Waals surface area contributed by atoms with Crippen LogP contribution in [0.3, 0.4) is 0 Å². The Kier molecular flexibility index (Phi) is 4.26. The first-order chi connectivity index (χ1) is 10.9. The highest BCUT2D eigenvalue weighted by atomic mass is 32.2. The molecule has 0 saturated carbocycles. The summed E-state index contributed by atoms with van der Waals surface area (Å²) in [5, 5.41) is 0. The van der Waals surface area contributed by atoms with Gasteiger partial charge in [0.2, 0.25) is 0 Å². The van der Waals surface area contributed by atoms with E-state index in [1.165, 1.54) is 27.6 Å². The van der Waals surface area contributed by atoms with Crippen molar-refractivity contribution >= 4 is 55.6 Å². The maximum Gasteiger partial charge on any atom is 0.0667 e. The molecule has 0 nitrogen and oxygen atoms in total. The normalized spacial score (nSPS) is 11.1. The standard InChI is InChI=1S/C18H12S4/c1-3-7-13(8-4-1)19-17-11-15-16(21-17)12-18(22-15)20-14-9-5-2-6-10-14/h1-12H. The molecule has 0 fully saturated rings. The van der Waals surface area contributed by atoms with Crippen molar-refractivity contribution in [2.75, 3.05) is 0 Å². The van der Waals surface area contributed by atoms with Crippen LogP contribution in [-0.2, 0) is 0 Å². The highest BCUT2D eigenvalue weighted by Crippen LogP contribution is 2.44. The summed E-state index contributed by atoms with van der Waals surface area (Å²) in [4.78, 5) is 2.60. The summed E-state index contributed by atoms with van der Waals surface area (Å²) in [6.07, 6.45) is 0. The number of benzene rings is 2. The Morgan fingerprint density at radius 1 is 0.545 bits per heavy atom. The van der Waals surface area contributed by atoms with Gasteiger partial charge in [-0.05, 0) is 36.4 Å². The van der Waals surface area contributed by atoms with E-state index in [1.807, 2.05) is 46.2 Å². The quantitative estimate of drug-likeness (QED) is 0.377. The second kappa shape index (κ2) is 6.50. The monoisotopic (exact) mass is 356 g/mol. The Labute approximate surface area is 146 Å². The van der Waals surface area contributed by atoms with Crippen molar-refractivity contribution in [1.82, 2.24) is 0 Å². The number of rotatable bonds is 4. The van der Waals surface area contributed by atoms with Crippen LogP contribution < -0.4 is 0 Å². The lowest BCUT2D eigenvalue weighted by Gasteiger charge is -1.97. The van der Waals surface area contributed by atoms with Crippen molar-refractivity contribution < 1.29 is 0 Å². The van der Waals surface area contributed by atoms with Crippen LogP contribution in [0.5, 0.6) is 0 Å². The fourth-order valence-corrected chi connectivity index (χ4v) is 6.96. The second-order valence-electron chi connectivity index (χ2n) is 4.69. The summed E-state index contributed by atoms with van der Waals surface area (Å²) in [6.45, 7) is 0. The second-order valence-corrected chi connectivity index (χ2v) is 9.60. The number of thiophene rings is 2. The average Bonchev–Trinajstić information content (AvgIpc) is 3.07.